The fourth-order valence-electron chi connectivity index (χ4n) is 2.68. The molecule has 0 radical (unpaired) electrons. The molecule has 1 saturated heterocycles. The maximum atomic E-state index is 12.2. The average molecular weight is 291 g/mol. The van der Waals surface area contributed by atoms with Crippen LogP contribution in [0.25, 0.3) is 0 Å². The number of carbonyl (C=O) groups is 1. The molecule has 0 bridgehead atoms. The Balaban J connectivity index is 1.78. The molecule has 6 heteroatoms. The molecule has 3 heterocycles. The smallest absolute Gasteiger partial charge is 0.254 e. The molecule has 1 atom stereocenters. The minimum Gasteiger partial charge on any atom is -0.368 e. The number of fused-ring (bicyclic) bond motifs is 1. The van der Waals surface area contributed by atoms with Crippen molar-refractivity contribution in [2.75, 3.05) is 18.5 Å². The molecule has 1 amide bonds. The highest BCUT2D eigenvalue weighted by Gasteiger charge is 2.26. The van der Waals surface area contributed by atoms with Gasteiger partial charge in [0.25, 0.3) is 5.91 Å². The fourth-order valence-corrected chi connectivity index (χ4v) is 3.85. The van der Waals surface area contributed by atoms with Gasteiger partial charge in [0.05, 0.1) is 5.56 Å². The molecular formula is C14H17N3O2S. The quantitative estimate of drug-likeness (QED) is 0.871. The Bertz CT molecular complexity index is 556. The predicted octanol–water partition coefficient (Wildman–Crippen LogP) is 1.77. The van der Waals surface area contributed by atoms with Gasteiger partial charge in [-0.1, -0.05) is 0 Å². The van der Waals surface area contributed by atoms with Gasteiger partial charge in [-0.2, -0.15) is 5.26 Å². The molecule has 1 fully saturated rings. The Morgan fingerprint density at radius 1 is 1.50 bits per heavy atom. The van der Waals surface area contributed by atoms with Crippen molar-refractivity contribution < 1.29 is 9.53 Å². The van der Waals surface area contributed by atoms with Crippen molar-refractivity contribution in [3.05, 3.63) is 16.0 Å². The van der Waals surface area contributed by atoms with Crippen molar-refractivity contribution in [2.45, 2.75) is 38.3 Å². The van der Waals surface area contributed by atoms with E-state index in [-0.39, 0.29) is 12.0 Å². The predicted molar refractivity (Wildman–Crippen MR) is 76.7 cm³/mol. The molecule has 2 N–H and O–H groups in total. The second kappa shape index (κ2) is 5.92. The number of hydrogen-bond acceptors (Lipinski definition) is 5. The Hall–Kier alpha value is -1.42. The van der Waals surface area contributed by atoms with Crippen molar-refractivity contribution in [3.63, 3.8) is 0 Å². The Morgan fingerprint density at radius 2 is 2.40 bits per heavy atom. The average Bonchev–Trinajstić information content (AvgIpc) is 2.85. The Morgan fingerprint density at radius 3 is 3.15 bits per heavy atom. The first kappa shape index (κ1) is 13.6. The van der Waals surface area contributed by atoms with E-state index >= 15 is 0 Å². The molecule has 20 heavy (non-hydrogen) atoms. The second-order valence-corrected chi connectivity index (χ2v) is 6.20. The minimum absolute atomic E-state index is 0.118. The number of anilines is 1. The lowest BCUT2D eigenvalue weighted by Crippen LogP contribution is -2.33. The second-order valence-electron chi connectivity index (χ2n) is 5.09. The first-order chi connectivity index (χ1) is 9.79. The molecule has 1 unspecified atom stereocenters. The van der Waals surface area contributed by atoms with Crippen LogP contribution in [0.2, 0.25) is 0 Å². The molecule has 2 aliphatic rings. The van der Waals surface area contributed by atoms with Crippen LogP contribution in [-0.4, -0.2) is 25.2 Å². The number of thiophene rings is 1. The molecule has 0 saturated carbocycles. The maximum Gasteiger partial charge on any atom is 0.254 e. The number of hydrogen-bond donors (Lipinski definition) is 2. The number of rotatable bonds is 2. The van der Waals surface area contributed by atoms with E-state index in [4.69, 9.17) is 4.74 Å². The number of nitriles is 1. The molecule has 106 valence electrons. The third kappa shape index (κ3) is 2.57. The first-order valence-corrected chi connectivity index (χ1v) is 7.79. The van der Waals surface area contributed by atoms with Crippen LogP contribution in [0.4, 0.5) is 5.00 Å². The summed E-state index contributed by atoms with van der Waals surface area (Å²) in [7, 11) is 0. The highest BCUT2D eigenvalue weighted by Crippen LogP contribution is 2.35. The zero-order chi connectivity index (χ0) is 13.9. The van der Waals surface area contributed by atoms with Gasteiger partial charge in [-0.3, -0.25) is 4.79 Å². The van der Waals surface area contributed by atoms with E-state index in [9.17, 15) is 10.1 Å². The van der Waals surface area contributed by atoms with Crippen molar-refractivity contribution in [2.24, 2.45) is 0 Å². The molecular weight excluding hydrogens is 274 g/mol. The van der Waals surface area contributed by atoms with Crippen LogP contribution >= 0.6 is 11.3 Å². The van der Waals surface area contributed by atoms with Crippen LogP contribution in [0, 0.1) is 11.3 Å². The van der Waals surface area contributed by atoms with Crippen LogP contribution in [0.3, 0.4) is 0 Å². The summed E-state index contributed by atoms with van der Waals surface area (Å²) in [5.74, 6) is -0.118. The molecule has 0 spiro atoms. The van der Waals surface area contributed by atoms with Gasteiger partial charge in [0, 0.05) is 18.0 Å². The third-order valence-corrected chi connectivity index (χ3v) is 4.90. The van der Waals surface area contributed by atoms with E-state index in [1.165, 1.54) is 11.3 Å². The van der Waals surface area contributed by atoms with E-state index in [0.29, 0.717) is 17.2 Å². The number of ether oxygens (including phenoxy) is 1. The summed E-state index contributed by atoms with van der Waals surface area (Å²) in [6.07, 6.45) is 3.29. The molecule has 3 rings (SSSR count). The zero-order valence-electron chi connectivity index (χ0n) is 11.2. The van der Waals surface area contributed by atoms with Gasteiger partial charge in [-0.25, -0.2) is 0 Å². The topological polar surface area (TPSA) is 74.2 Å². The lowest BCUT2D eigenvalue weighted by atomic mass is 10.0. The molecule has 5 nitrogen and oxygen atoms in total. The van der Waals surface area contributed by atoms with Gasteiger partial charge in [0.2, 0.25) is 0 Å². The number of amides is 1. The molecule has 1 aromatic heterocycles. The van der Waals surface area contributed by atoms with Gasteiger partial charge in [-0.15, -0.1) is 11.3 Å². The van der Waals surface area contributed by atoms with E-state index in [1.807, 2.05) is 0 Å². The summed E-state index contributed by atoms with van der Waals surface area (Å²) in [5, 5.41) is 16.2. The number of nitrogens with zero attached hydrogens (tertiary/aromatic N) is 1. The van der Waals surface area contributed by atoms with Crippen LogP contribution in [-0.2, 0) is 22.5 Å². The Labute approximate surface area is 121 Å². The number of nitrogens with one attached hydrogen (secondary N) is 2. The lowest BCUT2D eigenvalue weighted by molar-refractivity contribution is -0.129. The zero-order valence-corrected chi connectivity index (χ0v) is 12.0. The van der Waals surface area contributed by atoms with Crippen LogP contribution < -0.4 is 10.6 Å². The highest BCUT2D eigenvalue weighted by molar-refractivity contribution is 7.16. The van der Waals surface area contributed by atoms with Gasteiger partial charge < -0.3 is 15.4 Å². The molecule has 2 aliphatic heterocycles. The van der Waals surface area contributed by atoms with Crippen molar-refractivity contribution in [1.29, 1.82) is 5.26 Å². The molecule has 0 aromatic carbocycles. The summed E-state index contributed by atoms with van der Waals surface area (Å²) in [6, 6.07) is 2.24. The summed E-state index contributed by atoms with van der Waals surface area (Å²) in [4.78, 5) is 13.4. The van der Waals surface area contributed by atoms with Gasteiger partial charge in [0.15, 0.2) is 0 Å². The van der Waals surface area contributed by atoms with Crippen molar-refractivity contribution >= 4 is 22.2 Å². The number of carbonyl (C=O) groups excluding carboxylic acids is 1. The summed E-state index contributed by atoms with van der Waals surface area (Å²) in [6.45, 7) is 2.32. The lowest BCUT2D eigenvalue weighted by Gasteiger charge is -2.21. The normalized spacial score (nSPS) is 21.9. The van der Waals surface area contributed by atoms with Crippen LogP contribution in [0.1, 0.15) is 35.3 Å². The maximum absolute atomic E-state index is 12.2. The summed E-state index contributed by atoms with van der Waals surface area (Å²) >= 11 is 1.51. The highest BCUT2D eigenvalue weighted by atomic mass is 32.1. The monoisotopic (exact) mass is 291 g/mol. The van der Waals surface area contributed by atoms with Crippen LogP contribution in [0.15, 0.2) is 0 Å². The first-order valence-electron chi connectivity index (χ1n) is 6.97. The SMILES string of the molecule is N#Cc1c(NC(=O)C2CCCCO2)sc2c1CCNC2. The van der Waals surface area contributed by atoms with Gasteiger partial charge in [-0.05, 0) is 37.8 Å². The van der Waals surface area contributed by atoms with Crippen molar-refractivity contribution in [3.8, 4) is 6.07 Å². The van der Waals surface area contributed by atoms with E-state index in [0.717, 1.165) is 49.2 Å². The Kier molecular flexibility index (Phi) is 4.01. The minimum atomic E-state index is -0.368. The van der Waals surface area contributed by atoms with Crippen molar-refractivity contribution in [1.82, 2.24) is 5.32 Å². The van der Waals surface area contributed by atoms with Gasteiger partial charge >= 0.3 is 0 Å². The van der Waals surface area contributed by atoms with E-state index in [1.54, 1.807) is 0 Å². The fraction of sp³-hybridized carbons (Fsp3) is 0.571. The standard InChI is InChI=1S/C14H17N3O2S/c15-7-10-9-4-5-16-8-12(9)20-14(10)17-13(18)11-3-1-2-6-19-11/h11,16H,1-6,8H2,(H,17,18). The van der Waals surface area contributed by atoms with E-state index in [2.05, 4.69) is 16.7 Å². The summed E-state index contributed by atoms with van der Waals surface area (Å²) < 4.78 is 5.48. The third-order valence-electron chi connectivity index (χ3n) is 3.75. The molecule has 0 aliphatic carbocycles. The molecule has 1 aromatic rings. The van der Waals surface area contributed by atoms with Gasteiger partial charge in [0.1, 0.15) is 17.2 Å². The van der Waals surface area contributed by atoms with E-state index < -0.39 is 0 Å². The van der Waals surface area contributed by atoms with Crippen LogP contribution in [0.5, 0.6) is 0 Å². The largest absolute Gasteiger partial charge is 0.368 e. The summed E-state index contributed by atoms with van der Waals surface area (Å²) in [5.41, 5.74) is 1.73.